The lowest BCUT2D eigenvalue weighted by Crippen LogP contribution is -2.18. The Morgan fingerprint density at radius 3 is 2.76 bits per heavy atom. The number of aromatic nitrogens is 1. The summed E-state index contributed by atoms with van der Waals surface area (Å²) < 4.78 is 0. The average Bonchev–Trinajstić information content (AvgIpc) is 2.52. The molecule has 1 unspecified atom stereocenters. The first-order valence-corrected chi connectivity index (χ1v) is 7.09. The molecule has 0 aliphatic heterocycles. The molecular weight excluding hydrogens is 260 g/mol. The Morgan fingerprint density at radius 2 is 1.90 bits per heavy atom. The molecule has 1 aromatic heterocycles. The van der Waals surface area contributed by atoms with E-state index >= 15 is 0 Å². The molecule has 1 atom stereocenters. The van der Waals surface area contributed by atoms with E-state index in [1.807, 2.05) is 36.4 Å². The van der Waals surface area contributed by atoms with Crippen LogP contribution in [0.3, 0.4) is 0 Å². The van der Waals surface area contributed by atoms with Crippen molar-refractivity contribution >= 4 is 10.9 Å². The summed E-state index contributed by atoms with van der Waals surface area (Å²) in [5.41, 5.74) is 3.10. The Hall–Kier alpha value is -2.39. The monoisotopic (exact) mass is 278 g/mol. The van der Waals surface area contributed by atoms with Crippen LogP contribution in [-0.4, -0.2) is 10.1 Å². The molecule has 0 radical (unpaired) electrons. The van der Waals surface area contributed by atoms with Crippen molar-refractivity contribution in [3.63, 3.8) is 0 Å². The van der Waals surface area contributed by atoms with Crippen molar-refractivity contribution in [2.45, 2.75) is 19.5 Å². The summed E-state index contributed by atoms with van der Waals surface area (Å²) >= 11 is 0. The van der Waals surface area contributed by atoms with Crippen molar-refractivity contribution in [1.82, 2.24) is 10.3 Å². The average molecular weight is 278 g/mol. The van der Waals surface area contributed by atoms with Gasteiger partial charge in [-0.15, -0.1) is 0 Å². The normalized spacial score (nSPS) is 12.4. The van der Waals surface area contributed by atoms with Crippen LogP contribution in [0.5, 0.6) is 5.75 Å². The fraction of sp³-hybridized carbons (Fsp3) is 0.167. The molecule has 0 aliphatic rings. The first-order chi connectivity index (χ1) is 10.2. The molecule has 2 aromatic carbocycles. The summed E-state index contributed by atoms with van der Waals surface area (Å²) in [5, 5.41) is 14.1. The Labute approximate surface area is 124 Å². The molecule has 1 heterocycles. The highest BCUT2D eigenvalue weighted by Gasteiger charge is 2.06. The lowest BCUT2D eigenvalue weighted by Gasteiger charge is -2.14. The second kappa shape index (κ2) is 5.94. The molecule has 106 valence electrons. The molecule has 0 saturated carbocycles. The minimum Gasteiger partial charge on any atom is -0.508 e. The number of aromatic hydroxyl groups is 1. The molecule has 3 heteroatoms. The van der Waals surface area contributed by atoms with Crippen LogP contribution in [0.25, 0.3) is 10.9 Å². The van der Waals surface area contributed by atoms with Gasteiger partial charge in [-0.1, -0.05) is 36.4 Å². The second-order valence-corrected chi connectivity index (χ2v) is 5.19. The van der Waals surface area contributed by atoms with E-state index in [4.69, 9.17) is 0 Å². The SMILES string of the molecule is CC(NCc1ccc2ccccc2n1)c1cccc(O)c1. The van der Waals surface area contributed by atoms with E-state index in [0.29, 0.717) is 12.3 Å². The number of hydrogen-bond donors (Lipinski definition) is 2. The van der Waals surface area contributed by atoms with Gasteiger partial charge in [-0.05, 0) is 36.8 Å². The highest BCUT2D eigenvalue weighted by molar-refractivity contribution is 5.78. The highest BCUT2D eigenvalue weighted by atomic mass is 16.3. The van der Waals surface area contributed by atoms with Gasteiger partial charge in [-0.3, -0.25) is 4.98 Å². The van der Waals surface area contributed by atoms with Crippen molar-refractivity contribution < 1.29 is 5.11 Å². The minimum absolute atomic E-state index is 0.158. The molecule has 3 nitrogen and oxygen atoms in total. The van der Waals surface area contributed by atoms with E-state index in [1.165, 1.54) is 0 Å². The molecule has 0 bridgehead atoms. The van der Waals surface area contributed by atoms with Gasteiger partial charge in [0.2, 0.25) is 0 Å². The predicted octanol–water partition coefficient (Wildman–Crippen LogP) is 3.79. The first kappa shape index (κ1) is 13.6. The van der Waals surface area contributed by atoms with Gasteiger partial charge in [-0.2, -0.15) is 0 Å². The van der Waals surface area contributed by atoms with Gasteiger partial charge in [0, 0.05) is 18.0 Å². The summed E-state index contributed by atoms with van der Waals surface area (Å²) in [6.07, 6.45) is 0. The maximum absolute atomic E-state index is 9.53. The van der Waals surface area contributed by atoms with Crippen molar-refractivity contribution in [2.24, 2.45) is 0 Å². The number of pyridine rings is 1. The van der Waals surface area contributed by atoms with Crippen LogP contribution < -0.4 is 5.32 Å². The maximum Gasteiger partial charge on any atom is 0.115 e. The number of benzene rings is 2. The fourth-order valence-electron chi connectivity index (χ4n) is 2.38. The zero-order chi connectivity index (χ0) is 14.7. The van der Waals surface area contributed by atoms with Crippen LogP contribution in [0, 0.1) is 0 Å². The number of rotatable bonds is 4. The second-order valence-electron chi connectivity index (χ2n) is 5.19. The smallest absolute Gasteiger partial charge is 0.115 e. The molecule has 0 saturated heterocycles. The van der Waals surface area contributed by atoms with Crippen LogP contribution in [0.15, 0.2) is 60.7 Å². The first-order valence-electron chi connectivity index (χ1n) is 7.09. The van der Waals surface area contributed by atoms with Crippen LogP contribution in [0.4, 0.5) is 0 Å². The number of phenolic OH excluding ortho intramolecular Hbond substituents is 1. The molecular formula is C18H18N2O. The number of nitrogens with zero attached hydrogens (tertiary/aromatic N) is 1. The van der Waals surface area contributed by atoms with Gasteiger partial charge in [-0.25, -0.2) is 0 Å². The molecule has 0 aliphatic carbocycles. The number of phenols is 1. The number of nitrogens with one attached hydrogen (secondary N) is 1. The van der Waals surface area contributed by atoms with Gasteiger partial charge in [0.05, 0.1) is 11.2 Å². The zero-order valence-electron chi connectivity index (χ0n) is 12.0. The molecule has 0 amide bonds. The summed E-state index contributed by atoms with van der Waals surface area (Å²) in [6.45, 7) is 2.78. The molecule has 3 aromatic rings. The quantitative estimate of drug-likeness (QED) is 0.763. The third kappa shape index (κ3) is 3.20. The Kier molecular flexibility index (Phi) is 3.84. The van der Waals surface area contributed by atoms with Crippen molar-refractivity contribution in [3.05, 3.63) is 71.9 Å². The van der Waals surface area contributed by atoms with E-state index < -0.39 is 0 Å². The molecule has 0 spiro atoms. The summed E-state index contributed by atoms with van der Waals surface area (Å²) in [6, 6.07) is 19.7. The highest BCUT2D eigenvalue weighted by Crippen LogP contribution is 2.18. The van der Waals surface area contributed by atoms with Gasteiger partial charge < -0.3 is 10.4 Å². The van der Waals surface area contributed by atoms with E-state index in [1.54, 1.807) is 12.1 Å². The molecule has 0 fully saturated rings. The summed E-state index contributed by atoms with van der Waals surface area (Å²) in [7, 11) is 0. The maximum atomic E-state index is 9.53. The lowest BCUT2D eigenvalue weighted by molar-refractivity contribution is 0.472. The predicted molar refractivity (Wildman–Crippen MR) is 85.1 cm³/mol. The zero-order valence-corrected chi connectivity index (χ0v) is 12.0. The van der Waals surface area contributed by atoms with Crippen LogP contribution in [-0.2, 0) is 6.54 Å². The standard InChI is InChI=1S/C18H18N2O/c1-13(15-6-4-7-17(21)11-15)19-12-16-10-9-14-5-2-3-8-18(14)20-16/h2-11,13,19,21H,12H2,1H3. The molecule has 21 heavy (non-hydrogen) atoms. The van der Waals surface area contributed by atoms with Gasteiger partial charge in [0.1, 0.15) is 5.75 Å². The van der Waals surface area contributed by atoms with Crippen molar-refractivity contribution in [2.75, 3.05) is 0 Å². The Bertz CT molecular complexity index is 755. The number of hydrogen-bond acceptors (Lipinski definition) is 3. The minimum atomic E-state index is 0.158. The van der Waals surface area contributed by atoms with Crippen LogP contribution >= 0.6 is 0 Å². The van der Waals surface area contributed by atoms with E-state index in [9.17, 15) is 5.11 Å². The van der Waals surface area contributed by atoms with Gasteiger partial charge in [0.25, 0.3) is 0 Å². The lowest BCUT2D eigenvalue weighted by atomic mass is 10.1. The number of fused-ring (bicyclic) bond motifs is 1. The van der Waals surface area contributed by atoms with E-state index in [-0.39, 0.29) is 6.04 Å². The van der Waals surface area contributed by atoms with Crippen LogP contribution in [0.1, 0.15) is 24.2 Å². The summed E-state index contributed by atoms with van der Waals surface area (Å²) in [4.78, 5) is 4.65. The third-order valence-electron chi connectivity index (χ3n) is 3.62. The molecule has 3 rings (SSSR count). The fourth-order valence-corrected chi connectivity index (χ4v) is 2.38. The third-order valence-corrected chi connectivity index (χ3v) is 3.62. The van der Waals surface area contributed by atoms with Gasteiger partial charge >= 0.3 is 0 Å². The van der Waals surface area contributed by atoms with Crippen LogP contribution in [0.2, 0.25) is 0 Å². The van der Waals surface area contributed by atoms with Gasteiger partial charge in [0.15, 0.2) is 0 Å². The molecule has 2 N–H and O–H groups in total. The Morgan fingerprint density at radius 1 is 1.05 bits per heavy atom. The summed E-state index contributed by atoms with van der Waals surface area (Å²) in [5.74, 6) is 0.296. The topological polar surface area (TPSA) is 45.2 Å². The largest absolute Gasteiger partial charge is 0.508 e. The van der Waals surface area contributed by atoms with Crippen molar-refractivity contribution in [1.29, 1.82) is 0 Å². The van der Waals surface area contributed by atoms with E-state index in [0.717, 1.165) is 22.2 Å². The Balaban J connectivity index is 1.71. The number of para-hydroxylation sites is 1. The van der Waals surface area contributed by atoms with E-state index in [2.05, 4.69) is 29.4 Å². The van der Waals surface area contributed by atoms with Crippen molar-refractivity contribution in [3.8, 4) is 5.75 Å².